The summed E-state index contributed by atoms with van der Waals surface area (Å²) >= 11 is 0. The van der Waals surface area contributed by atoms with Gasteiger partial charge in [-0.05, 0) is 50.6 Å². The average molecular weight is 257 g/mol. The lowest BCUT2D eigenvalue weighted by molar-refractivity contribution is 0.720. The summed E-state index contributed by atoms with van der Waals surface area (Å²) in [7, 11) is 4.00. The molecule has 0 aliphatic heterocycles. The topological polar surface area (TPSA) is 29.9 Å². The van der Waals surface area contributed by atoms with Crippen LogP contribution < -0.4 is 5.32 Å². The van der Waals surface area contributed by atoms with Crippen LogP contribution >= 0.6 is 0 Å². The van der Waals surface area contributed by atoms with Crippen molar-refractivity contribution in [1.29, 1.82) is 0 Å². The Hall–Kier alpha value is -1.61. The van der Waals surface area contributed by atoms with E-state index in [1.807, 2.05) is 18.8 Å². The van der Waals surface area contributed by atoms with Gasteiger partial charge in [-0.15, -0.1) is 0 Å². The maximum atomic E-state index is 4.65. The lowest BCUT2D eigenvalue weighted by Crippen LogP contribution is -2.11. The van der Waals surface area contributed by atoms with E-state index in [-0.39, 0.29) is 0 Å². The molecule has 3 nitrogen and oxygen atoms in total. The fraction of sp³-hybridized carbons (Fsp3) is 0.438. The van der Waals surface area contributed by atoms with E-state index in [4.69, 9.17) is 0 Å². The molecule has 102 valence electrons. The lowest BCUT2D eigenvalue weighted by atomic mass is 10.0. The van der Waals surface area contributed by atoms with Crippen LogP contribution in [0.15, 0.2) is 18.2 Å². The van der Waals surface area contributed by atoms with Crippen molar-refractivity contribution in [3.8, 4) is 11.3 Å². The highest BCUT2D eigenvalue weighted by Gasteiger charge is 2.13. The van der Waals surface area contributed by atoms with Gasteiger partial charge in [0.05, 0.1) is 11.4 Å². The molecular formula is C16H23N3. The Morgan fingerprint density at radius 3 is 2.53 bits per heavy atom. The molecule has 1 aromatic heterocycles. The first-order valence-electron chi connectivity index (χ1n) is 6.79. The molecule has 0 bridgehead atoms. The fourth-order valence-corrected chi connectivity index (χ4v) is 2.46. The second-order valence-electron chi connectivity index (χ2n) is 5.20. The zero-order chi connectivity index (χ0) is 14.0. The number of nitrogens with one attached hydrogen (secondary N) is 1. The molecule has 0 unspecified atom stereocenters. The minimum Gasteiger partial charge on any atom is -0.319 e. The Labute approximate surface area is 115 Å². The summed E-state index contributed by atoms with van der Waals surface area (Å²) in [4.78, 5) is 0. The highest BCUT2D eigenvalue weighted by atomic mass is 15.3. The SMILES string of the molecule is CNCCc1nn(C)c(-c2ccc(C)c(C)c2)c1C. The molecule has 1 N–H and O–H groups in total. The van der Waals surface area contributed by atoms with Crippen molar-refractivity contribution in [1.82, 2.24) is 15.1 Å². The van der Waals surface area contributed by atoms with Crippen LogP contribution in [0.3, 0.4) is 0 Å². The molecule has 0 fully saturated rings. The predicted molar refractivity (Wildman–Crippen MR) is 80.5 cm³/mol. The quantitative estimate of drug-likeness (QED) is 0.912. The Balaban J connectivity index is 2.44. The maximum Gasteiger partial charge on any atom is 0.0711 e. The number of likely N-dealkylation sites (N-methyl/N-ethyl adjacent to an activating group) is 1. The summed E-state index contributed by atoms with van der Waals surface area (Å²) in [5, 5.41) is 7.83. The molecule has 0 saturated heterocycles. The van der Waals surface area contributed by atoms with E-state index >= 15 is 0 Å². The molecule has 0 saturated carbocycles. The van der Waals surface area contributed by atoms with Gasteiger partial charge >= 0.3 is 0 Å². The molecule has 1 heterocycles. The van der Waals surface area contributed by atoms with E-state index < -0.39 is 0 Å². The van der Waals surface area contributed by atoms with Gasteiger partial charge in [0.2, 0.25) is 0 Å². The Morgan fingerprint density at radius 1 is 1.16 bits per heavy atom. The average Bonchev–Trinajstić information content (AvgIpc) is 2.65. The number of nitrogens with zero attached hydrogens (tertiary/aromatic N) is 2. The predicted octanol–water partition coefficient (Wildman–Crippen LogP) is 2.77. The third kappa shape index (κ3) is 2.71. The number of aromatic nitrogens is 2. The van der Waals surface area contributed by atoms with E-state index in [2.05, 4.69) is 49.4 Å². The van der Waals surface area contributed by atoms with Crippen LogP contribution in [-0.4, -0.2) is 23.4 Å². The van der Waals surface area contributed by atoms with Crippen molar-refractivity contribution in [2.45, 2.75) is 27.2 Å². The van der Waals surface area contributed by atoms with Crippen molar-refractivity contribution in [3.05, 3.63) is 40.6 Å². The molecule has 1 aromatic carbocycles. The molecular weight excluding hydrogens is 234 g/mol. The third-order valence-corrected chi connectivity index (χ3v) is 3.77. The lowest BCUT2D eigenvalue weighted by Gasteiger charge is -2.07. The summed E-state index contributed by atoms with van der Waals surface area (Å²) in [6.07, 6.45) is 0.973. The first-order valence-corrected chi connectivity index (χ1v) is 6.79. The van der Waals surface area contributed by atoms with Crippen molar-refractivity contribution in [3.63, 3.8) is 0 Å². The molecule has 0 amide bonds. The maximum absolute atomic E-state index is 4.65. The standard InChI is InChI=1S/C16H23N3/c1-11-6-7-14(10-12(11)2)16-13(3)15(8-9-17-4)18-19(16)5/h6-7,10,17H,8-9H2,1-5H3. The molecule has 2 aromatic rings. The van der Waals surface area contributed by atoms with Crippen LogP contribution in [-0.2, 0) is 13.5 Å². The number of aryl methyl sites for hydroxylation is 3. The van der Waals surface area contributed by atoms with E-state index in [1.165, 1.54) is 33.6 Å². The summed E-state index contributed by atoms with van der Waals surface area (Å²) < 4.78 is 2.00. The van der Waals surface area contributed by atoms with Gasteiger partial charge in [-0.1, -0.05) is 12.1 Å². The molecule has 3 heteroatoms. The van der Waals surface area contributed by atoms with Gasteiger partial charge in [-0.2, -0.15) is 5.10 Å². The summed E-state index contributed by atoms with van der Waals surface area (Å²) in [6, 6.07) is 6.62. The Kier molecular flexibility index (Phi) is 4.05. The zero-order valence-corrected chi connectivity index (χ0v) is 12.5. The summed E-state index contributed by atoms with van der Waals surface area (Å²) in [5.74, 6) is 0. The molecule has 2 rings (SSSR count). The van der Waals surface area contributed by atoms with Gasteiger partial charge in [0.15, 0.2) is 0 Å². The first-order chi connectivity index (χ1) is 9.04. The van der Waals surface area contributed by atoms with Crippen LogP contribution in [0.5, 0.6) is 0 Å². The Morgan fingerprint density at radius 2 is 1.89 bits per heavy atom. The van der Waals surface area contributed by atoms with Crippen LogP contribution in [0.1, 0.15) is 22.4 Å². The van der Waals surface area contributed by atoms with E-state index in [0.29, 0.717) is 0 Å². The highest BCUT2D eigenvalue weighted by molar-refractivity contribution is 5.65. The van der Waals surface area contributed by atoms with Crippen LogP contribution in [0.4, 0.5) is 0 Å². The van der Waals surface area contributed by atoms with Crippen molar-refractivity contribution >= 4 is 0 Å². The monoisotopic (exact) mass is 257 g/mol. The summed E-state index contributed by atoms with van der Waals surface area (Å²) in [5.41, 5.74) is 7.63. The van der Waals surface area contributed by atoms with Crippen molar-refractivity contribution in [2.24, 2.45) is 7.05 Å². The van der Waals surface area contributed by atoms with Gasteiger partial charge in [0.25, 0.3) is 0 Å². The van der Waals surface area contributed by atoms with E-state index in [1.54, 1.807) is 0 Å². The number of hydrogen-bond acceptors (Lipinski definition) is 2. The van der Waals surface area contributed by atoms with Crippen molar-refractivity contribution in [2.75, 3.05) is 13.6 Å². The number of hydrogen-bond donors (Lipinski definition) is 1. The smallest absolute Gasteiger partial charge is 0.0711 e. The molecule has 0 atom stereocenters. The van der Waals surface area contributed by atoms with Gasteiger partial charge < -0.3 is 5.32 Å². The van der Waals surface area contributed by atoms with E-state index in [9.17, 15) is 0 Å². The van der Waals surface area contributed by atoms with Gasteiger partial charge in [0.1, 0.15) is 0 Å². The van der Waals surface area contributed by atoms with Gasteiger partial charge in [0, 0.05) is 25.6 Å². The fourth-order valence-electron chi connectivity index (χ4n) is 2.46. The largest absolute Gasteiger partial charge is 0.319 e. The van der Waals surface area contributed by atoms with Crippen LogP contribution in [0, 0.1) is 20.8 Å². The van der Waals surface area contributed by atoms with E-state index in [0.717, 1.165) is 13.0 Å². The molecule has 0 spiro atoms. The molecule has 19 heavy (non-hydrogen) atoms. The van der Waals surface area contributed by atoms with Crippen molar-refractivity contribution < 1.29 is 0 Å². The minimum atomic E-state index is 0.963. The second kappa shape index (κ2) is 5.57. The molecule has 0 aliphatic rings. The molecule has 0 radical (unpaired) electrons. The number of benzene rings is 1. The summed E-state index contributed by atoms with van der Waals surface area (Å²) in [6.45, 7) is 7.44. The third-order valence-electron chi connectivity index (χ3n) is 3.77. The Bertz CT molecular complexity index is 582. The highest BCUT2D eigenvalue weighted by Crippen LogP contribution is 2.27. The van der Waals surface area contributed by atoms with Gasteiger partial charge in [-0.25, -0.2) is 0 Å². The van der Waals surface area contributed by atoms with Crippen LogP contribution in [0.2, 0.25) is 0 Å². The van der Waals surface area contributed by atoms with Crippen LogP contribution in [0.25, 0.3) is 11.3 Å². The minimum absolute atomic E-state index is 0.963. The first kappa shape index (κ1) is 13.8. The number of rotatable bonds is 4. The zero-order valence-electron chi connectivity index (χ0n) is 12.5. The molecule has 0 aliphatic carbocycles. The normalized spacial score (nSPS) is 11.0. The second-order valence-corrected chi connectivity index (χ2v) is 5.20. The van der Waals surface area contributed by atoms with Gasteiger partial charge in [-0.3, -0.25) is 4.68 Å².